The van der Waals surface area contributed by atoms with E-state index in [1.165, 1.54) is 0 Å². The molecule has 6 nitrogen and oxygen atoms in total. The summed E-state index contributed by atoms with van der Waals surface area (Å²) in [4.78, 5) is 26.8. The van der Waals surface area contributed by atoms with E-state index in [0.717, 1.165) is 25.9 Å². The van der Waals surface area contributed by atoms with Crippen molar-refractivity contribution in [2.75, 3.05) is 20.1 Å². The molecule has 2 N–H and O–H groups in total. The summed E-state index contributed by atoms with van der Waals surface area (Å²) in [5.41, 5.74) is -1.51. The Morgan fingerprint density at radius 1 is 1.05 bits per heavy atom. The Labute approximate surface area is 132 Å². The number of likely N-dealkylation sites (tertiary alicyclic amines) is 1. The maximum atomic E-state index is 12.6. The Morgan fingerprint density at radius 3 is 2.05 bits per heavy atom. The van der Waals surface area contributed by atoms with Gasteiger partial charge in [-0.2, -0.15) is 0 Å². The summed E-state index contributed by atoms with van der Waals surface area (Å²) >= 11 is 0. The maximum Gasteiger partial charge on any atom is 0.408 e. The lowest BCUT2D eigenvalue weighted by Gasteiger charge is -2.39. The van der Waals surface area contributed by atoms with Gasteiger partial charge in [0.2, 0.25) is 5.91 Å². The van der Waals surface area contributed by atoms with Gasteiger partial charge in [0.15, 0.2) is 0 Å². The van der Waals surface area contributed by atoms with Crippen LogP contribution in [0.4, 0.5) is 4.79 Å². The van der Waals surface area contributed by atoms with Crippen molar-refractivity contribution in [3.8, 4) is 0 Å². The lowest BCUT2D eigenvalue weighted by Crippen LogP contribution is -2.59. The van der Waals surface area contributed by atoms with Gasteiger partial charge < -0.3 is 20.3 Å². The third-order valence-corrected chi connectivity index (χ3v) is 4.43. The molecule has 0 aromatic carbocycles. The molecule has 1 aliphatic carbocycles. The van der Waals surface area contributed by atoms with Gasteiger partial charge in [0.05, 0.1) is 0 Å². The Balaban J connectivity index is 1.90. The van der Waals surface area contributed by atoms with E-state index in [9.17, 15) is 9.59 Å². The van der Waals surface area contributed by atoms with Gasteiger partial charge in [-0.1, -0.05) is 0 Å². The smallest absolute Gasteiger partial charge is 0.408 e. The number of nitrogens with zero attached hydrogens (tertiary/aromatic N) is 1. The second-order valence-corrected chi connectivity index (χ2v) is 8.03. The minimum Gasteiger partial charge on any atom is -0.444 e. The number of carbonyl (C=O) groups excluding carboxylic acids is 2. The van der Waals surface area contributed by atoms with E-state index < -0.39 is 17.2 Å². The average molecular weight is 311 g/mol. The monoisotopic (exact) mass is 311 g/mol. The van der Waals surface area contributed by atoms with Crippen LogP contribution < -0.4 is 10.6 Å². The summed E-state index contributed by atoms with van der Waals surface area (Å²) in [6.45, 7) is 9.47. The molecule has 0 atom stereocenters. The number of piperidine rings is 1. The highest BCUT2D eigenvalue weighted by atomic mass is 16.6. The molecule has 1 aliphatic heterocycles. The fourth-order valence-electron chi connectivity index (χ4n) is 2.66. The van der Waals surface area contributed by atoms with Crippen molar-refractivity contribution in [2.45, 2.75) is 70.1 Å². The van der Waals surface area contributed by atoms with E-state index >= 15 is 0 Å². The first kappa shape index (κ1) is 17.1. The van der Waals surface area contributed by atoms with Gasteiger partial charge in [-0.15, -0.1) is 0 Å². The second kappa shape index (κ2) is 5.72. The molecule has 2 aliphatic rings. The summed E-state index contributed by atoms with van der Waals surface area (Å²) < 4.78 is 5.26. The fraction of sp³-hybridized carbons (Fsp3) is 0.875. The molecule has 0 bridgehead atoms. The number of amides is 2. The van der Waals surface area contributed by atoms with Crippen LogP contribution in [0, 0.1) is 0 Å². The first-order valence-corrected chi connectivity index (χ1v) is 8.06. The molecule has 2 amide bonds. The second-order valence-electron chi connectivity index (χ2n) is 8.03. The van der Waals surface area contributed by atoms with E-state index in [0.29, 0.717) is 12.8 Å². The summed E-state index contributed by atoms with van der Waals surface area (Å²) in [6, 6.07) is 0. The van der Waals surface area contributed by atoms with Crippen LogP contribution in [0.5, 0.6) is 0 Å². The van der Waals surface area contributed by atoms with Crippen molar-refractivity contribution < 1.29 is 14.3 Å². The first-order valence-electron chi connectivity index (χ1n) is 8.06. The molecule has 6 heteroatoms. The van der Waals surface area contributed by atoms with Crippen molar-refractivity contribution in [3.05, 3.63) is 0 Å². The standard InChI is InChI=1S/C16H29N3O3/c1-14(2,3)22-13(21)18-16(6-7-16)12(20)17-15(4)8-10-19(5)11-9-15/h6-11H2,1-5H3,(H,17,20)(H,18,21). The van der Waals surface area contributed by atoms with Gasteiger partial charge in [0, 0.05) is 18.6 Å². The van der Waals surface area contributed by atoms with Gasteiger partial charge in [0.1, 0.15) is 11.1 Å². The molecular weight excluding hydrogens is 282 g/mol. The topological polar surface area (TPSA) is 70.7 Å². The van der Waals surface area contributed by atoms with Crippen LogP contribution in [-0.4, -0.2) is 53.7 Å². The van der Waals surface area contributed by atoms with Gasteiger partial charge in [0.25, 0.3) is 0 Å². The minimum atomic E-state index is -0.769. The molecule has 126 valence electrons. The summed E-state index contributed by atoms with van der Waals surface area (Å²) in [6.07, 6.45) is 2.69. The number of carbonyl (C=O) groups is 2. The lowest BCUT2D eigenvalue weighted by atomic mass is 9.89. The zero-order chi connectivity index (χ0) is 16.6. The van der Waals surface area contributed by atoms with Gasteiger partial charge in [-0.25, -0.2) is 4.79 Å². The fourth-order valence-corrected chi connectivity index (χ4v) is 2.66. The third-order valence-electron chi connectivity index (χ3n) is 4.43. The van der Waals surface area contributed by atoms with Crippen molar-refractivity contribution in [1.82, 2.24) is 15.5 Å². The minimum absolute atomic E-state index is 0.0783. The van der Waals surface area contributed by atoms with Crippen molar-refractivity contribution in [1.29, 1.82) is 0 Å². The van der Waals surface area contributed by atoms with Crippen molar-refractivity contribution in [3.63, 3.8) is 0 Å². The predicted octanol–water partition coefficient (Wildman–Crippen LogP) is 1.64. The Morgan fingerprint density at radius 2 is 1.59 bits per heavy atom. The number of rotatable bonds is 3. The third kappa shape index (κ3) is 4.35. The molecule has 0 aromatic rings. The molecule has 0 radical (unpaired) electrons. The molecule has 22 heavy (non-hydrogen) atoms. The molecule has 2 rings (SSSR count). The molecular formula is C16H29N3O3. The van der Waals surface area contributed by atoms with E-state index in [4.69, 9.17) is 4.74 Å². The highest BCUT2D eigenvalue weighted by Crippen LogP contribution is 2.37. The van der Waals surface area contributed by atoms with E-state index in [1.54, 1.807) is 0 Å². The quantitative estimate of drug-likeness (QED) is 0.831. The summed E-state index contributed by atoms with van der Waals surface area (Å²) in [7, 11) is 2.09. The largest absolute Gasteiger partial charge is 0.444 e. The molecule has 1 saturated heterocycles. The molecule has 0 spiro atoms. The number of alkyl carbamates (subject to hydrolysis) is 1. The van der Waals surface area contributed by atoms with Gasteiger partial charge in [-0.3, -0.25) is 4.79 Å². The highest BCUT2D eigenvalue weighted by molar-refractivity contribution is 5.93. The number of ether oxygens (including phenoxy) is 1. The Bertz CT molecular complexity index is 444. The van der Waals surface area contributed by atoms with E-state index in [1.807, 2.05) is 20.8 Å². The predicted molar refractivity (Wildman–Crippen MR) is 84.6 cm³/mol. The first-order chi connectivity index (χ1) is 10.0. The van der Waals surface area contributed by atoms with Gasteiger partial charge in [-0.05, 0) is 60.4 Å². The van der Waals surface area contributed by atoms with Crippen LogP contribution in [-0.2, 0) is 9.53 Å². The lowest BCUT2D eigenvalue weighted by molar-refractivity contribution is -0.126. The normalized spacial score (nSPS) is 23.5. The highest BCUT2D eigenvalue weighted by Gasteiger charge is 2.53. The van der Waals surface area contributed by atoms with E-state index in [2.05, 4.69) is 29.5 Å². The summed E-state index contributed by atoms with van der Waals surface area (Å²) in [5, 5.41) is 5.91. The zero-order valence-electron chi connectivity index (χ0n) is 14.4. The zero-order valence-corrected chi connectivity index (χ0v) is 14.4. The average Bonchev–Trinajstić information content (AvgIpc) is 3.11. The molecule has 2 fully saturated rings. The number of hydrogen-bond acceptors (Lipinski definition) is 4. The number of hydrogen-bond donors (Lipinski definition) is 2. The van der Waals surface area contributed by atoms with Crippen molar-refractivity contribution >= 4 is 12.0 Å². The molecule has 0 unspecified atom stereocenters. The SMILES string of the molecule is CN1CCC(C)(NC(=O)C2(NC(=O)OC(C)(C)C)CC2)CC1. The molecule has 1 saturated carbocycles. The van der Waals surface area contributed by atoms with Crippen molar-refractivity contribution in [2.24, 2.45) is 0 Å². The van der Waals surface area contributed by atoms with Crippen LogP contribution in [0.3, 0.4) is 0 Å². The van der Waals surface area contributed by atoms with E-state index in [-0.39, 0.29) is 11.4 Å². The Kier molecular flexibility index (Phi) is 4.44. The molecule has 0 aromatic heterocycles. The molecule has 1 heterocycles. The van der Waals surface area contributed by atoms with Crippen LogP contribution in [0.15, 0.2) is 0 Å². The Hall–Kier alpha value is -1.30. The van der Waals surface area contributed by atoms with Crippen LogP contribution >= 0.6 is 0 Å². The van der Waals surface area contributed by atoms with Crippen LogP contribution in [0.2, 0.25) is 0 Å². The van der Waals surface area contributed by atoms with Gasteiger partial charge >= 0.3 is 6.09 Å². The summed E-state index contributed by atoms with van der Waals surface area (Å²) in [5.74, 6) is -0.0783. The van der Waals surface area contributed by atoms with Crippen LogP contribution in [0.1, 0.15) is 53.4 Å². The maximum absolute atomic E-state index is 12.6. The number of nitrogens with one attached hydrogen (secondary N) is 2. The van der Waals surface area contributed by atoms with Crippen LogP contribution in [0.25, 0.3) is 0 Å².